The van der Waals surface area contributed by atoms with E-state index < -0.39 is 0 Å². The average molecular weight is 251 g/mol. The number of nitrogen functional groups attached to an aromatic ring is 1. The zero-order valence-electron chi connectivity index (χ0n) is 11.7. The van der Waals surface area contributed by atoms with Gasteiger partial charge < -0.3 is 16.0 Å². The fourth-order valence-corrected chi connectivity index (χ4v) is 2.63. The molecule has 0 radical (unpaired) electrons. The number of anilines is 2. The number of aromatic nitrogens is 2. The topological polar surface area (TPSA) is 59.1 Å². The number of hydrogen-bond acceptors (Lipinski definition) is 4. The highest BCUT2D eigenvalue weighted by molar-refractivity contribution is 5.64. The minimum Gasteiger partial charge on any atom is -0.394 e. The molecule has 5 heteroatoms. The van der Waals surface area contributed by atoms with Crippen molar-refractivity contribution in [3.05, 3.63) is 5.69 Å². The van der Waals surface area contributed by atoms with Gasteiger partial charge in [-0.15, -0.1) is 0 Å². The van der Waals surface area contributed by atoms with E-state index in [0.29, 0.717) is 5.92 Å². The molecule has 1 aromatic heterocycles. The van der Waals surface area contributed by atoms with E-state index in [1.54, 1.807) is 0 Å². The lowest BCUT2D eigenvalue weighted by atomic mass is 10.1. The van der Waals surface area contributed by atoms with Gasteiger partial charge in [-0.1, -0.05) is 6.92 Å². The third kappa shape index (κ3) is 2.96. The summed E-state index contributed by atoms with van der Waals surface area (Å²) >= 11 is 0. The van der Waals surface area contributed by atoms with Crippen LogP contribution in [0.25, 0.3) is 0 Å². The largest absolute Gasteiger partial charge is 0.394 e. The van der Waals surface area contributed by atoms with E-state index in [1.807, 2.05) is 18.7 Å². The normalized spacial score (nSPS) is 18.2. The Labute approximate surface area is 109 Å². The van der Waals surface area contributed by atoms with Crippen LogP contribution in [0.1, 0.15) is 25.5 Å². The van der Waals surface area contributed by atoms with Crippen molar-refractivity contribution in [2.75, 3.05) is 37.2 Å². The van der Waals surface area contributed by atoms with Crippen LogP contribution in [-0.2, 0) is 7.05 Å². The van der Waals surface area contributed by atoms with Gasteiger partial charge in [0.2, 0.25) is 0 Å². The molecule has 3 N–H and O–H groups in total. The van der Waals surface area contributed by atoms with Crippen molar-refractivity contribution in [2.24, 2.45) is 13.0 Å². The van der Waals surface area contributed by atoms with Gasteiger partial charge in [-0.2, -0.15) is 5.10 Å². The quantitative estimate of drug-likeness (QED) is 0.831. The highest BCUT2D eigenvalue weighted by atomic mass is 15.3. The fourth-order valence-electron chi connectivity index (χ4n) is 2.63. The molecule has 0 aromatic carbocycles. The Kier molecular flexibility index (Phi) is 4.11. The summed E-state index contributed by atoms with van der Waals surface area (Å²) in [7, 11) is 1.93. The zero-order valence-corrected chi connectivity index (χ0v) is 11.7. The second-order valence-electron chi connectivity index (χ2n) is 5.47. The lowest BCUT2D eigenvalue weighted by molar-refractivity contribution is 0.294. The predicted molar refractivity (Wildman–Crippen MR) is 75.7 cm³/mol. The molecule has 1 aliphatic heterocycles. The summed E-state index contributed by atoms with van der Waals surface area (Å²) in [5, 5.41) is 7.74. The SMILES string of the molecule is Cc1nn(C)c(NCC(C)CN2CCCC2)c1N. The number of aryl methyl sites for hydroxylation is 2. The Balaban J connectivity index is 1.83. The number of likely N-dealkylation sites (tertiary alicyclic amines) is 1. The van der Waals surface area contributed by atoms with Gasteiger partial charge in [0.15, 0.2) is 0 Å². The molecule has 0 spiro atoms. The van der Waals surface area contributed by atoms with Crippen LogP contribution < -0.4 is 11.1 Å². The maximum atomic E-state index is 6.00. The third-order valence-electron chi connectivity index (χ3n) is 3.66. The monoisotopic (exact) mass is 251 g/mol. The molecule has 1 saturated heterocycles. The molecule has 2 rings (SSSR count). The molecule has 0 saturated carbocycles. The van der Waals surface area contributed by atoms with Crippen LogP contribution in [0.2, 0.25) is 0 Å². The van der Waals surface area contributed by atoms with Crippen LogP contribution in [0.5, 0.6) is 0 Å². The molecule has 18 heavy (non-hydrogen) atoms. The predicted octanol–water partition coefficient (Wildman–Crippen LogP) is 1.45. The first-order valence-electron chi connectivity index (χ1n) is 6.83. The Bertz CT molecular complexity index is 392. The van der Waals surface area contributed by atoms with Crippen molar-refractivity contribution in [3.8, 4) is 0 Å². The summed E-state index contributed by atoms with van der Waals surface area (Å²) in [4.78, 5) is 2.55. The van der Waals surface area contributed by atoms with Gasteiger partial charge in [0.05, 0.1) is 11.4 Å². The summed E-state index contributed by atoms with van der Waals surface area (Å²) in [5.41, 5.74) is 7.66. The summed E-state index contributed by atoms with van der Waals surface area (Å²) in [6.07, 6.45) is 2.71. The van der Waals surface area contributed by atoms with E-state index in [4.69, 9.17) is 5.73 Å². The van der Waals surface area contributed by atoms with Crippen LogP contribution in [0.3, 0.4) is 0 Å². The summed E-state index contributed by atoms with van der Waals surface area (Å²) in [6.45, 7) is 8.86. The van der Waals surface area contributed by atoms with Crippen molar-refractivity contribution in [3.63, 3.8) is 0 Å². The summed E-state index contributed by atoms with van der Waals surface area (Å²) < 4.78 is 1.83. The smallest absolute Gasteiger partial charge is 0.147 e. The molecule has 1 fully saturated rings. The van der Waals surface area contributed by atoms with Crippen molar-refractivity contribution in [1.29, 1.82) is 0 Å². The van der Waals surface area contributed by atoms with Gasteiger partial charge in [0, 0.05) is 20.1 Å². The molecule has 0 bridgehead atoms. The number of nitrogens with two attached hydrogens (primary N) is 1. The van der Waals surface area contributed by atoms with E-state index in [2.05, 4.69) is 22.2 Å². The molecular formula is C13H25N5. The molecule has 1 unspecified atom stereocenters. The van der Waals surface area contributed by atoms with Crippen molar-refractivity contribution in [1.82, 2.24) is 14.7 Å². The Morgan fingerprint density at radius 2 is 2.06 bits per heavy atom. The van der Waals surface area contributed by atoms with Crippen molar-refractivity contribution < 1.29 is 0 Å². The molecule has 0 amide bonds. The molecule has 1 atom stereocenters. The van der Waals surface area contributed by atoms with Gasteiger partial charge in [0.1, 0.15) is 5.82 Å². The molecule has 1 aromatic rings. The first-order valence-corrected chi connectivity index (χ1v) is 6.83. The van der Waals surface area contributed by atoms with Crippen molar-refractivity contribution >= 4 is 11.5 Å². The minimum absolute atomic E-state index is 0.623. The van der Waals surface area contributed by atoms with E-state index in [9.17, 15) is 0 Å². The van der Waals surface area contributed by atoms with Gasteiger partial charge in [-0.25, -0.2) is 0 Å². The van der Waals surface area contributed by atoms with Crippen molar-refractivity contribution in [2.45, 2.75) is 26.7 Å². The van der Waals surface area contributed by atoms with E-state index >= 15 is 0 Å². The lowest BCUT2D eigenvalue weighted by Gasteiger charge is -2.21. The molecular weight excluding hydrogens is 226 g/mol. The number of rotatable bonds is 5. The maximum Gasteiger partial charge on any atom is 0.147 e. The first kappa shape index (κ1) is 13.2. The van der Waals surface area contributed by atoms with Gasteiger partial charge in [-0.05, 0) is 38.8 Å². The second kappa shape index (κ2) is 5.61. The van der Waals surface area contributed by atoms with Crippen LogP contribution in [0, 0.1) is 12.8 Å². The second-order valence-corrected chi connectivity index (χ2v) is 5.47. The van der Waals surface area contributed by atoms with E-state index in [1.165, 1.54) is 32.5 Å². The Hall–Kier alpha value is -1.23. The highest BCUT2D eigenvalue weighted by Crippen LogP contribution is 2.21. The highest BCUT2D eigenvalue weighted by Gasteiger charge is 2.15. The van der Waals surface area contributed by atoms with Gasteiger partial charge in [0.25, 0.3) is 0 Å². The lowest BCUT2D eigenvalue weighted by Crippen LogP contribution is -2.29. The van der Waals surface area contributed by atoms with Crippen LogP contribution in [0.4, 0.5) is 11.5 Å². The third-order valence-corrected chi connectivity index (χ3v) is 3.66. The Morgan fingerprint density at radius 3 is 2.61 bits per heavy atom. The minimum atomic E-state index is 0.623. The van der Waals surface area contributed by atoms with Gasteiger partial charge in [-0.3, -0.25) is 4.68 Å². The van der Waals surface area contributed by atoms with E-state index in [-0.39, 0.29) is 0 Å². The van der Waals surface area contributed by atoms with Crippen LogP contribution >= 0.6 is 0 Å². The first-order chi connectivity index (χ1) is 8.58. The van der Waals surface area contributed by atoms with E-state index in [0.717, 1.165) is 23.7 Å². The standard InChI is InChI=1S/C13H25N5/c1-10(9-18-6-4-5-7-18)8-15-13-12(14)11(2)16-17(13)3/h10,15H,4-9,14H2,1-3H3. The molecule has 1 aliphatic rings. The Morgan fingerprint density at radius 1 is 1.39 bits per heavy atom. The number of nitrogens with zero attached hydrogens (tertiary/aromatic N) is 3. The molecule has 102 valence electrons. The summed E-state index contributed by atoms with van der Waals surface area (Å²) in [5.74, 6) is 1.57. The maximum absolute atomic E-state index is 6.00. The summed E-state index contributed by atoms with van der Waals surface area (Å²) in [6, 6.07) is 0. The molecule has 0 aliphatic carbocycles. The fraction of sp³-hybridized carbons (Fsp3) is 0.769. The average Bonchev–Trinajstić information content (AvgIpc) is 2.88. The number of hydrogen-bond donors (Lipinski definition) is 2. The molecule has 2 heterocycles. The van der Waals surface area contributed by atoms with Crippen LogP contribution in [0.15, 0.2) is 0 Å². The van der Waals surface area contributed by atoms with Gasteiger partial charge >= 0.3 is 0 Å². The zero-order chi connectivity index (χ0) is 13.1. The van der Waals surface area contributed by atoms with Crippen LogP contribution in [-0.4, -0.2) is 40.9 Å². The number of nitrogens with one attached hydrogen (secondary N) is 1. The molecule has 5 nitrogen and oxygen atoms in total.